The average Bonchev–Trinajstić information content (AvgIpc) is 3.15. The zero-order valence-corrected chi connectivity index (χ0v) is 14.4. The summed E-state index contributed by atoms with van der Waals surface area (Å²) in [5.41, 5.74) is 7.10. The van der Waals surface area contributed by atoms with Crippen molar-refractivity contribution in [3.8, 4) is 17.2 Å². The fourth-order valence-electron chi connectivity index (χ4n) is 2.99. The summed E-state index contributed by atoms with van der Waals surface area (Å²) in [5.74, 6) is -0.607. The maximum absolute atomic E-state index is 13.5. The molecule has 0 atom stereocenters. The van der Waals surface area contributed by atoms with Crippen LogP contribution in [0.1, 0.15) is 18.5 Å². The van der Waals surface area contributed by atoms with Crippen LogP contribution in [0.3, 0.4) is 0 Å². The maximum Gasteiger partial charge on any atom is 0.446 e. The summed E-state index contributed by atoms with van der Waals surface area (Å²) < 4.78 is 24.5. The lowest BCUT2D eigenvalue weighted by Crippen LogP contribution is -2.37. The van der Waals surface area contributed by atoms with Crippen LogP contribution < -0.4 is 11.5 Å². The van der Waals surface area contributed by atoms with E-state index in [-0.39, 0.29) is 16.3 Å². The predicted octanol–water partition coefficient (Wildman–Crippen LogP) is 2.06. The van der Waals surface area contributed by atoms with E-state index >= 15 is 0 Å². The van der Waals surface area contributed by atoms with Gasteiger partial charge in [0.1, 0.15) is 11.5 Å². The SMILES string of the molecule is NC1CC(Cc2nonc2-c2noc(=O)n2-c2ccc(F)c(Br)c2)C1. The normalized spacial score (nSPS) is 19.8. The van der Waals surface area contributed by atoms with Crippen molar-refractivity contribution in [2.45, 2.75) is 25.3 Å². The van der Waals surface area contributed by atoms with Gasteiger partial charge in [-0.15, -0.1) is 0 Å². The number of hydrogen-bond donors (Lipinski definition) is 1. The number of aromatic nitrogens is 4. The highest BCUT2D eigenvalue weighted by atomic mass is 79.9. The Labute approximate surface area is 148 Å². The molecule has 1 aromatic carbocycles. The zero-order chi connectivity index (χ0) is 17.6. The molecule has 2 N–H and O–H groups in total. The van der Waals surface area contributed by atoms with Gasteiger partial charge in [0.25, 0.3) is 0 Å². The number of benzene rings is 1. The number of rotatable bonds is 4. The molecule has 1 aliphatic carbocycles. The zero-order valence-electron chi connectivity index (χ0n) is 12.9. The van der Waals surface area contributed by atoms with Crippen LogP contribution in [0.5, 0.6) is 0 Å². The summed E-state index contributed by atoms with van der Waals surface area (Å²) in [6.45, 7) is 0. The summed E-state index contributed by atoms with van der Waals surface area (Å²) >= 11 is 3.10. The van der Waals surface area contributed by atoms with Gasteiger partial charge in [0.2, 0.25) is 5.82 Å². The fraction of sp³-hybridized carbons (Fsp3) is 0.333. The van der Waals surface area contributed by atoms with E-state index in [0.717, 1.165) is 12.8 Å². The molecule has 1 saturated carbocycles. The lowest BCUT2D eigenvalue weighted by atomic mass is 9.78. The second kappa shape index (κ2) is 6.19. The molecule has 4 rings (SSSR count). The Kier molecular flexibility index (Phi) is 4.00. The number of nitrogens with zero attached hydrogens (tertiary/aromatic N) is 4. The number of hydrogen-bond acceptors (Lipinski definition) is 7. The topological polar surface area (TPSA) is 113 Å². The smallest absolute Gasteiger partial charge is 0.328 e. The third-order valence-electron chi connectivity index (χ3n) is 4.29. The molecule has 8 nitrogen and oxygen atoms in total. The van der Waals surface area contributed by atoms with Crippen molar-refractivity contribution < 1.29 is 13.5 Å². The summed E-state index contributed by atoms with van der Waals surface area (Å²) in [5, 5.41) is 11.6. The Morgan fingerprint density at radius 3 is 2.84 bits per heavy atom. The van der Waals surface area contributed by atoms with Gasteiger partial charge in [-0.25, -0.2) is 18.4 Å². The van der Waals surface area contributed by atoms with Gasteiger partial charge < -0.3 is 5.73 Å². The summed E-state index contributed by atoms with van der Waals surface area (Å²) in [6.07, 6.45) is 2.44. The molecule has 0 saturated heterocycles. The summed E-state index contributed by atoms with van der Waals surface area (Å²) in [4.78, 5) is 12.1. The molecule has 1 fully saturated rings. The molecule has 0 spiro atoms. The van der Waals surface area contributed by atoms with E-state index in [1.54, 1.807) is 0 Å². The molecule has 0 aliphatic heterocycles. The summed E-state index contributed by atoms with van der Waals surface area (Å²) in [6, 6.07) is 4.35. The minimum Gasteiger partial charge on any atom is -0.328 e. The lowest BCUT2D eigenvalue weighted by molar-refractivity contribution is 0.254. The lowest BCUT2D eigenvalue weighted by Gasteiger charge is -2.31. The standard InChI is InChI=1S/C15H13BrFN5O3/c16-10-6-9(1-2-11(10)17)22-14(21-24-15(22)23)13-12(19-25-20-13)5-7-3-8(18)4-7/h1-2,6-8H,3-5,18H2. The van der Waals surface area contributed by atoms with Gasteiger partial charge >= 0.3 is 5.76 Å². The molecule has 130 valence electrons. The first-order chi connectivity index (χ1) is 12.0. The molecule has 2 heterocycles. The highest BCUT2D eigenvalue weighted by Crippen LogP contribution is 2.31. The molecule has 0 unspecified atom stereocenters. The monoisotopic (exact) mass is 409 g/mol. The summed E-state index contributed by atoms with van der Waals surface area (Å²) in [7, 11) is 0. The van der Waals surface area contributed by atoms with Crippen molar-refractivity contribution in [1.82, 2.24) is 20.0 Å². The Bertz CT molecular complexity index is 976. The average molecular weight is 410 g/mol. The molecular formula is C15H13BrFN5O3. The van der Waals surface area contributed by atoms with Crippen LogP contribution in [0, 0.1) is 11.7 Å². The van der Waals surface area contributed by atoms with Crippen molar-refractivity contribution in [2.24, 2.45) is 11.7 Å². The minimum atomic E-state index is -0.715. The van der Waals surface area contributed by atoms with E-state index in [2.05, 4.69) is 31.4 Å². The third-order valence-corrected chi connectivity index (χ3v) is 4.90. The second-order valence-electron chi connectivity index (χ2n) is 6.07. The van der Waals surface area contributed by atoms with Gasteiger partial charge in [0, 0.05) is 6.04 Å². The van der Waals surface area contributed by atoms with Crippen LogP contribution in [-0.2, 0) is 6.42 Å². The van der Waals surface area contributed by atoms with Crippen LogP contribution in [0.25, 0.3) is 17.2 Å². The molecule has 2 aromatic heterocycles. The van der Waals surface area contributed by atoms with E-state index in [9.17, 15) is 9.18 Å². The van der Waals surface area contributed by atoms with Crippen molar-refractivity contribution in [1.29, 1.82) is 0 Å². The van der Waals surface area contributed by atoms with Crippen molar-refractivity contribution in [2.75, 3.05) is 0 Å². The van der Waals surface area contributed by atoms with E-state index in [1.807, 2.05) is 0 Å². The van der Waals surface area contributed by atoms with Gasteiger partial charge in [0.05, 0.1) is 10.2 Å². The van der Waals surface area contributed by atoms with Crippen LogP contribution in [0.15, 0.2) is 36.6 Å². The fourth-order valence-corrected chi connectivity index (χ4v) is 3.36. The van der Waals surface area contributed by atoms with Crippen LogP contribution in [-0.4, -0.2) is 26.1 Å². The first-order valence-corrected chi connectivity index (χ1v) is 8.43. The van der Waals surface area contributed by atoms with Crippen LogP contribution >= 0.6 is 15.9 Å². The van der Waals surface area contributed by atoms with Gasteiger partial charge in [-0.3, -0.25) is 4.52 Å². The maximum atomic E-state index is 13.5. The van der Waals surface area contributed by atoms with Gasteiger partial charge in [-0.1, -0.05) is 10.3 Å². The molecule has 0 amide bonds. The van der Waals surface area contributed by atoms with E-state index in [4.69, 9.17) is 14.9 Å². The molecular weight excluding hydrogens is 397 g/mol. The molecule has 10 heteroatoms. The first-order valence-electron chi connectivity index (χ1n) is 7.64. The number of halogens is 2. The van der Waals surface area contributed by atoms with Crippen molar-refractivity contribution in [3.63, 3.8) is 0 Å². The van der Waals surface area contributed by atoms with Gasteiger partial charge in [-0.2, -0.15) is 0 Å². The molecule has 0 radical (unpaired) electrons. The van der Waals surface area contributed by atoms with Crippen LogP contribution in [0.4, 0.5) is 4.39 Å². The van der Waals surface area contributed by atoms with Gasteiger partial charge in [0.15, 0.2) is 5.69 Å². The Hall–Kier alpha value is -2.33. The Morgan fingerprint density at radius 1 is 1.32 bits per heavy atom. The molecule has 25 heavy (non-hydrogen) atoms. The van der Waals surface area contributed by atoms with E-state index < -0.39 is 11.6 Å². The highest BCUT2D eigenvalue weighted by molar-refractivity contribution is 9.10. The van der Waals surface area contributed by atoms with Crippen LogP contribution in [0.2, 0.25) is 0 Å². The number of nitrogens with two attached hydrogens (primary N) is 1. The van der Waals surface area contributed by atoms with Crippen molar-refractivity contribution >= 4 is 15.9 Å². The van der Waals surface area contributed by atoms with Gasteiger partial charge in [-0.05, 0) is 64.5 Å². The second-order valence-corrected chi connectivity index (χ2v) is 6.92. The molecule has 1 aliphatic rings. The molecule has 0 bridgehead atoms. The third kappa shape index (κ3) is 2.91. The highest BCUT2D eigenvalue weighted by Gasteiger charge is 2.30. The Morgan fingerprint density at radius 2 is 2.12 bits per heavy atom. The largest absolute Gasteiger partial charge is 0.446 e. The van der Waals surface area contributed by atoms with E-state index in [0.29, 0.717) is 29.4 Å². The van der Waals surface area contributed by atoms with Crippen molar-refractivity contribution in [3.05, 3.63) is 44.7 Å². The molecule has 3 aromatic rings. The Balaban J connectivity index is 1.74. The minimum absolute atomic E-state index is 0.156. The first kappa shape index (κ1) is 16.2. The quantitative estimate of drug-likeness (QED) is 0.701. The van der Waals surface area contributed by atoms with E-state index in [1.165, 1.54) is 22.8 Å². The predicted molar refractivity (Wildman–Crippen MR) is 87.5 cm³/mol.